The van der Waals surface area contributed by atoms with Crippen molar-refractivity contribution in [1.29, 1.82) is 0 Å². The van der Waals surface area contributed by atoms with Crippen molar-refractivity contribution in [3.05, 3.63) is 99.2 Å². The van der Waals surface area contributed by atoms with Crippen molar-refractivity contribution in [2.24, 2.45) is 5.10 Å². The number of fused-ring (bicyclic) bond motifs is 1. The number of anilines is 1. The fourth-order valence-electron chi connectivity index (χ4n) is 3.13. The summed E-state index contributed by atoms with van der Waals surface area (Å²) in [5, 5.41) is 7.11. The number of nitrogens with zero attached hydrogens (tertiary/aromatic N) is 2. The van der Waals surface area contributed by atoms with E-state index in [1.54, 1.807) is 54.6 Å². The molecule has 0 bridgehead atoms. The van der Waals surface area contributed by atoms with E-state index >= 15 is 0 Å². The second kappa shape index (κ2) is 9.65. The Morgan fingerprint density at radius 1 is 1.03 bits per heavy atom. The number of aromatic amines is 1. The molecule has 4 rings (SSSR count). The van der Waals surface area contributed by atoms with E-state index in [0.717, 1.165) is 4.68 Å². The minimum absolute atomic E-state index is 0.208. The number of carbonyl (C=O) groups is 1. The van der Waals surface area contributed by atoms with Crippen LogP contribution in [-0.4, -0.2) is 35.5 Å². The minimum atomic E-state index is -0.647. The third kappa shape index (κ3) is 4.99. The van der Waals surface area contributed by atoms with Crippen LogP contribution in [0.3, 0.4) is 0 Å². The highest BCUT2D eigenvalue weighted by atomic mass is 16.5. The molecule has 1 heterocycles. The lowest BCUT2D eigenvalue weighted by molar-refractivity contribution is -0.118. The molecule has 0 aliphatic carbocycles. The lowest BCUT2D eigenvalue weighted by Gasteiger charge is -2.11. The highest BCUT2D eigenvalue weighted by Gasteiger charge is 2.10. The first-order valence-electron chi connectivity index (χ1n) is 9.99. The van der Waals surface area contributed by atoms with Crippen LogP contribution in [0.15, 0.2) is 87.5 Å². The fourth-order valence-corrected chi connectivity index (χ4v) is 3.13. The van der Waals surface area contributed by atoms with Gasteiger partial charge in [-0.05, 0) is 48.0 Å². The van der Waals surface area contributed by atoms with Gasteiger partial charge in [-0.1, -0.05) is 30.3 Å². The van der Waals surface area contributed by atoms with Crippen molar-refractivity contribution in [1.82, 2.24) is 9.66 Å². The summed E-state index contributed by atoms with van der Waals surface area (Å²) >= 11 is 0. The second-order valence-electron chi connectivity index (χ2n) is 6.95. The van der Waals surface area contributed by atoms with E-state index in [1.807, 2.05) is 18.2 Å². The minimum Gasteiger partial charge on any atom is -0.493 e. The van der Waals surface area contributed by atoms with Crippen LogP contribution in [0.1, 0.15) is 5.56 Å². The zero-order chi connectivity index (χ0) is 23.2. The van der Waals surface area contributed by atoms with E-state index in [1.165, 1.54) is 13.3 Å². The topological polar surface area (TPSA) is 115 Å². The second-order valence-corrected chi connectivity index (χ2v) is 6.95. The van der Waals surface area contributed by atoms with Crippen molar-refractivity contribution in [2.75, 3.05) is 19.0 Å². The molecule has 0 fully saturated rings. The van der Waals surface area contributed by atoms with Crippen molar-refractivity contribution >= 4 is 28.7 Å². The van der Waals surface area contributed by atoms with Gasteiger partial charge in [-0.2, -0.15) is 5.10 Å². The van der Waals surface area contributed by atoms with Gasteiger partial charge in [0.25, 0.3) is 11.5 Å². The summed E-state index contributed by atoms with van der Waals surface area (Å²) in [4.78, 5) is 39.5. The SMILES string of the molecule is COc1cc(C=Nn2c(=O)[nH]c3ccccc3c2=O)ccc1OCC(=O)Nc1ccccc1. The fraction of sp³-hybridized carbons (Fsp3) is 0.0833. The molecule has 2 N–H and O–H groups in total. The zero-order valence-corrected chi connectivity index (χ0v) is 17.6. The molecular weight excluding hydrogens is 424 g/mol. The highest BCUT2D eigenvalue weighted by Crippen LogP contribution is 2.27. The lowest BCUT2D eigenvalue weighted by atomic mass is 10.2. The third-order valence-corrected chi connectivity index (χ3v) is 4.71. The molecule has 33 heavy (non-hydrogen) atoms. The molecule has 3 aromatic carbocycles. The number of H-pyrrole nitrogens is 1. The van der Waals surface area contributed by atoms with Gasteiger partial charge < -0.3 is 19.8 Å². The van der Waals surface area contributed by atoms with Crippen molar-refractivity contribution in [3.63, 3.8) is 0 Å². The summed E-state index contributed by atoms with van der Waals surface area (Å²) in [5.74, 6) is 0.411. The molecule has 1 amide bonds. The van der Waals surface area contributed by atoms with Gasteiger partial charge in [-0.15, -0.1) is 4.68 Å². The maximum atomic E-state index is 12.6. The van der Waals surface area contributed by atoms with Crippen molar-refractivity contribution in [2.45, 2.75) is 0 Å². The molecule has 4 aromatic rings. The summed E-state index contributed by atoms with van der Waals surface area (Å²) in [5.41, 5.74) is 0.502. The van der Waals surface area contributed by atoms with Crippen LogP contribution in [-0.2, 0) is 4.79 Å². The Balaban J connectivity index is 1.50. The smallest absolute Gasteiger partial charge is 0.349 e. The van der Waals surface area contributed by atoms with Crippen LogP contribution in [0.5, 0.6) is 11.5 Å². The summed E-state index contributed by atoms with van der Waals surface area (Å²) in [6.45, 7) is -0.208. The molecule has 9 heteroatoms. The maximum Gasteiger partial charge on any atom is 0.349 e. The van der Waals surface area contributed by atoms with Gasteiger partial charge in [-0.25, -0.2) is 4.79 Å². The van der Waals surface area contributed by atoms with E-state index in [0.29, 0.717) is 33.7 Å². The number of rotatable bonds is 7. The zero-order valence-electron chi connectivity index (χ0n) is 17.6. The number of benzene rings is 3. The average Bonchev–Trinajstić information content (AvgIpc) is 2.83. The summed E-state index contributed by atoms with van der Waals surface area (Å²) in [7, 11) is 1.46. The lowest BCUT2D eigenvalue weighted by Crippen LogP contribution is -2.32. The van der Waals surface area contributed by atoms with Crippen LogP contribution in [0, 0.1) is 0 Å². The molecule has 0 unspecified atom stereocenters. The molecular formula is C24H20N4O5. The average molecular weight is 444 g/mol. The Kier molecular flexibility index (Phi) is 6.31. The van der Waals surface area contributed by atoms with Crippen LogP contribution >= 0.6 is 0 Å². The molecule has 0 aliphatic rings. The van der Waals surface area contributed by atoms with Gasteiger partial charge in [0, 0.05) is 5.69 Å². The van der Waals surface area contributed by atoms with Crippen molar-refractivity contribution in [3.8, 4) is 11.5 Å². The number of amides is 1. The van der Waals surface area contributed by atoms with Gasteiger partial charge in [0.05, 0.1) is 24.2 Å². The first-order valence-corrected chi connectivity index (χ1v) is 9.99. The Hall–Kier alpha value is -4.66. The Labute approximate surface area is 187 Å². The van der Waals surface area contributed by atoms with E-state index < -0.39 is 11.2 Å². The van der Waals surface area contributed by atoms with Gasteiger partial charge in [0.1, 0.15) is 0 Å². The molecule has 1 aromatic heterocycles. The number of ether oxygens (including phenoxy) is 2. The van der Waals surface area contributed by atoms with Crippen LogP contribution in [0.4, 0.5) is 5.69 Å². The quantitative estimate of drug-likeness (QED) is 0.425. The van der Waals surface area contributed by atoms with Gasteiger partial charge in [0.2, 0.25) is 0 Å². The van der Waals surface area contributed by atoms with Crippen LogP contribution < -0.4 is 26.0 Å². The van der Waals surface area contributed by atoms with E-state index in [2.05, 4.69) is 15.4 Å². The highest BCUT2D eigenvalue weighted by molar-refractivity contribution is 5.91. The summed E-state index contributed by atoms with van der Waals surface area (Å²) in [6, 6.07) is 20.6. The molecule has 0 saturated heterocycles. The number of hydrogen-bond acceptors (Lipinski definition) is 6. The molecule has 0 radical (unpaired) electrons. The first kappa shape index (κ1) is 21.6. The van der Waals surface area contributed by atoms with Gasteiger partial charge in [-0.3, -0.25) is 9.59 Å². The normalized spacial score (nSPS) is 10.9. The Morgan fingerprint density at radius 2 is 1.79 bits per heavy atom. The van der Waals surface area contributed by atoms with Gasteiger partial charge >= 0.3 is 5.69 Å². The summed E-state index contributed by atoms with van der Waals surface area (Å²) in [6.07, 6.45) is 1.36. The van der Waals surface area contributed by atoms with E-state index in [4.69, 9.17) is 9.47 Å². The molecule has 9 nitrogen and oxygen atoms in total. The van der Waals surface area contributed by atoms with Gasteiger partial charge in [0.15, 0.2) is 18.1 Å². The predicted molar refractivity (Wildman–Crippen MR) is 125 cm³/mol. The number of methoxy groups -OCH3 is 1. The molecule has 0 spiro atoms. The van der Waals surface area contributed by atoms with Crippen molar-refractivity contribution < 1.29 is 14.3 Å². The number of aromatic nitrogens is 2. The number of para-hydroxylation sites is 2. The standard InChI is InChI=1S/C24H20N4O5/c1-32-21-13-16(11-12-20(21)33-15-22(29)26-17-7-3-2-4-8-17)14-25-28-23(30)18-9-5-6-10-19(18)27-24(28)31/h2-14H,15H2,1H3,(H,26,29)(H,27,31). The molecule has 0 atom stereocenters. The Morgan fingerprint density at radius 3 is 2.58 bits per heavy atom. The largest absolute Gasteiger partial charge is 0.493 e. The van der Waals surface area contributed by atoms with Crippen LogP contribution in [0.2, 0.25) is 0 Å². The van der Waals surface area contributed by atoms with Crippen LogP contribution in [0.25, 0.3) is 10.9 Å². The third-order valence-electron chi connectivity index (χ3n) is 4.71. The molecule has 0 aliphatic heterocycles. The predicted octanol–water partition coefficient (Wildman–Crippen LogP) is 2.60. The number of hydrogen-bond donors (Lipinski definition) is 2. The molecule has 166 valence electrons. The van der Waals surface area contributed by atoms with E-state index in [9.17, 15) is 14.4 Å². The van der Waals surface area contributed by atoms with E-state index in [-0.39, 0.29) is 12.5 Å². The Bertz CT molecular complexity index is 1440. The molecule has 0 saturated carbocycles. The number of carbonyl (C=O) groups excluding carboxylic acids is 1. The monoisotopic (exact) mass is 444 g/mol. The maximum absolute atomic E-state index is 12.6. The first-order chi connectivity index (χ1) is 16.0. The number of nitrogens with one attached hydrogen (secondary N) is 2. The summed E-state index contributed by atoms with van der Waals surface area (Å²) < 4.78 is 11.7.